The third-order valence-electron chi connectivity index (χ3n) is 2.38. The number of hydrogen-bond donors (Lipinski definition) is 2. The summed E-state index contributed by atoms with van der Waals surface area (Å²) in [5, 5.41) is 23.3. The third-order valence-corrected chi connectivity index (χ3v) is 2.38. The van der Waals surface area contributed by atoms with E-state index in [0.29, 0.717) is 6.54 Å². The van der Waals surface area contributed by atoms with Gasteiger partial charge in [-0.2, -0.15) is 0 Å². The Kier molecular flexibility index (Phi) is 5.47. The maximum atomic E-state index is 11.2. The summed E-state index contributed by atoms with van der Waals surface area (Å²) in [6.45, 7) is 3.44. The third kappa shape index (κ3) is 4.27. The molecule has 0 aliphatic rings. The molecule has 7 nitrogen and oxygen atoms in total. The Bertz CT molecular complexity index is 458. The van der Waals surface area contributed by atoms with Gasteiger partial charge < -0.3 is 15.0 Å². The van der Waals surface area contributed by atoms with Gasteiger partial charge in [0.25, 0.3) is 5.43 Å². The maximum Gasteiger partial charge on any atom is 0.332 e. The molecule has 1 heterocycles. The van der Waals surface area contributed by atoms with Gasteiger partial charge >= 0.3 is 5.69 Å². The molecule has 0 fully saturated rings. The zero-order valence-corrected chi connectivity index (χ0v) is 10.2. The lowest BCUT2D eigenvalue weighted by Crippen LogP contribution is -2.31. The predicted molar refractivity (Wildman–Crippen MR) is 66.5 cm³/mol. The average molecular weight is 255 g/mol. The van der Waals surface area contributed by atoms with Crippen LogP contribution < -0.4 is 10.7 Å². The van der Waals surface area contributed by atoms with Crippen molar-refractivity contribution in [2.24, 2.45) is 0 Å². The summed E-state index contributed by atoms with van der Waals surface area (Å²) >= 11 is 0. The molecule has 0 saturated heterocycles. The molecule has 0 bridgehead atoms. The Morgan fingerprint density at radius 3 is 2.94 bits per heavy atom. The van der Waals surface area contributed by atoms with Gasteiger partial charge in [-0.1, -0.05) is 6.92 Å². The lowest BCUT2D eigenvalue weighted by Gasteiger charge is -2.13. The smallest absolute Gasteiger partial charge is 0.332 e. The number of hydrogen-bond acceptors (Lipinski definition) is 5. The van der Waals surface area contributed by atoms with Crippen molar-refractivity contribution in [1.82, 2.24) is 9.88 Å². The SMILES string of the molecule is CCCNCC(O)Cn1ccc(=O)c([N+](=O)[O-])c1. The van der Waals surface area contributed by atoms with E-state index < -0.39 is 22.1 Å². The predicted octanol–water partition coefficient (Wildman–Crippen LogP) is 0.117. The molecular weight excluding hydrogens is 238 g/mol. The Balaban J connectivity index is 2.65. The van der Waals surface area contributed by atoms with Gasteiger partial charge in [0, 0.05) is 25.4 Å². The summed E-state index contributed by atoms with van der Waals surface area (Å²) in [4.78, 5) is 21.0. The topological polar surface area (TPSA) is 97.4 Å². The van der Waals surface area contributed by atoms with Crippen LogP contribution in [0.3, 0.4) is 0 Å². The Labute approximate surface area is 104 Å². The summed E-state index contributed by atoms with van der Waals surface area (Å²) in [6.07, 6.45) is 2.89. The normalized spacial score (nSPS) is 12.3. The van der Waals surface area contributed by atoms with E-state index in [4.69, 9.17) is 0 Å². The number of nitrogens with zero attached hydrogens (tertiary/aromatic N) is 2. The molecule has 0 amide bonds. The number of rotatable bonds is 7. The van der Waals surface area contributed by atoms with Crippen LogP contribution in [-0.4, -0.2) is 33.8 Å². The van der Waals surface area contributed by atoms with Gasteiger partial charge in [0.05, 0.1) is 17.2 Å². The molecule has 0 aliphatic carbocycles. The first kappa shape index (κ1) is 14.3. The van der Waals surface area contributed by atoms with Gasteiger partial charge in [-0.25, -0.2) is 0 Å². The number of aliphatic hydroxyl groups is 1. The van der Waals surface area contributed by atoms with Crippen molar-refractivity contribution in [3.63, 3.8) is 0 Å². The monoisotopic (exact) mass is 255 g/mol. The van der Waals surface area contributed by atoms with Crippen LogP contribution in [-0.2, 0) is 6.54 Å². The van der Waals surface area contributed by atoms with Crippen LogP contribution in [0.15, 0.2) is 23.3 Å². The zero-order valence-electron chi connectivity index (χ0n) is 10.2. The molecule has 1 atom stereocenters. The molecule has 100 valence electrons. The first-order valence-electron chi connectivity index (χ1n) is 5.78. The number of nitrogens with one attached hydrogen (secondary N) is 1. The van der Waals surface area contributed by atoms with Crippen LogP contribution in [0.1, 0.15) is 13.3 Å². The fourth-order valence-electron chi connectivity index (χ4n) is 1.52. The van der Waals surface area contributed by atoms with E-state index in [-0.39, 0.29) is 6.54 Å². The summed E-state index contributed by atoms with van der Waals surface area (Å²) < 4.78 is 1.44. The molecule has 0 aromatic carbocycles. The fraction of sp³-hybridized carbons (Fsp3) is 0.545. The van der Waals surface area contributed by atoms with Gasteiger partial charge in [-0.15, -0.1) is 0 Å². The molecule has 0 saturated carbocycles. The summed E-state index contributed by atoms with van der Waals surface area (Å²) in [5.74, 6) is 0. The van der Waals surface area contributed by atoms with Gasteiger partial charge in [0.2, 0.25) is 0 Å². The Morgan fingerprint density at radius 1 is 1.61 bits per heavy atom. The number of aliphatic hydroxyl groups excluding tert-OH is 1. The molecule has 0 spiro atoms. The first-order valence-corrected chi connectivity index (χ1v) is 5.78. The van der Waals surface area contributed by atoms with Crippen molar-refractivity contribution in [1.29, 1.82) is 0 Å². The van der Waals surface area contributed by atoms with Crippen LogP contribution in [0.4, 0.5) is 5.69 Å². The molecule has 18 heavy (non-hydrogen) atoms. The summed E-state index contributed by atoms with van der Waals surface area (Å²) in [6, 6.07) is 1.13. The van der Waals surface area contributed by atoms with Crippen molar-refractivity contribution >= 4 is 5.69 Å². The molecule has 1 rings (SSSR count). The molecular formula is C11H17N3O4. The number of aromatic nitrogens is 1. The maximum absolute atomic E-state index is 11.2. The molecule has 0 aliphatic heterocycles. The minimum absolute atomic E-state index is 0.206. The average Bonchev–Trinajstić information content (AvgIpc) is 2.31. The zero-order chi connectivity index (χ0) is 13.5. The fourth-order valence-corrected chi connectivity index (χ4v) is 1.52. The second-order valence-electron chi connectivity index (χ2n) is 4.01. The Hall–Kier alpha value is -1.73. The highest BCUT2D eigenvalue weighted by Gasteiger charge is 2.12. The quantitative estimate of drug-likeness (QED) is 0.409. The highest BCUT2D eigenvalue weighted by atomic mass is 16.6. The Morgan fingerprint density at radius 2 is 2.33 bits per heavy atom. The standard InChI is InChI=1S/C11H17N3O4/c1-2-4-12-6-9(15)7-13-5-3-11(16)10(8-13)14(17)18/h3,5,8-9,12,15H,2,4,6-7H2,1H3. The van der Waals surface area contributed by atoms with Crippen LogP contribution in [0.5, 0.6) is 0 Å². The van der Waals surface area contributed by atoms with Gasteiger partial charge in [0.1, 0.15) is 0 Å². The number of pyridine rings is 1. The highest BCUT2D eigenvalue weighted by molar-refractivity contribution is 5.25. The highest BCUT2D eigenvalue weighted by Crippen LogP contribution is 2.03. The molecule has 1 unspecified atom stereocenters. The second-order valence-corrected chi connectivity index (χ2v) is 4.01. The lowest BCUT2D eigenvalue weighted by atomic mass is 10.3. The second kappa shape index (κ2) is 6.87. The van der Waals surface area contributed by atoms with E-state index in [1.165, 1.54) is 10.8 Å². The van der Waals surface area contributed by atoms with E-state index in [2.05, 4.69) is 5.32 Å². The van der Waals surface area contributed by atoms with E-state index in [9.17, 15) is 20.0 Å². The molecule has 1 aromatic heterocycles. The van der Waals surface area contributed by atoms with Crippen molar-refractivity contribution < 1.29 is 10.0 Å². The largest absolute Gasteiger partial charge is 0.390 e. The van der Waals surface area contributed by atoms with Crippen LogP contribution in [0, 0.1) is 10.1 Å². The summed E-state index contributed by atoms with van der Waals surface area (Å²) in [7, 11) is 0. The molecule has 7 heteroatoms. The van der Waals surface area contributed by atoms with E-state index >= 15 is 0 Å². The molecule has 0 radical (unpaired) electrons. The van der Waals surface area contributed by atoms with Crippen LogP contribution >= 0.6 is 0 Å². The van der Waals surface area contributed by atoms with Crippen molar-refractivity contribution in [2.75, 3.05) is 13.1 Å². The van der Waals surface area contributed by atoms with Crippen LogP contribution in [0.2, 0.25) is 0 Å². The molecule has 2 N–H and O–H groups in total. The van der Waals surface area contributed by atoms with Gasteiger partial charge in [-0.3, -0.25) is 14.9 Å². The minimum atomic E-state index is -0.722. The first-order chi connectivity index (χ1) is 8.54. The van der Waals surface area contributed by atoms with Gasteiger partial charge in [0.15, 0.2) is 0 Å². The van der Waals surface area contributed by atoms with E-state index in [1.807, 2.05) is 6.92 Å². The number of nitro groups is 1. The van der Waals surface area contributed by atoms with Crippen molar-refractivity contribution in [3.05, 3.63) is 38.8 Å². The van der Waals surface area contributed by atoms with Crippen molar-refractivity contribution in [2.45, 2.75) is 26.0 Å². The van der Waals surface area contributed by atoms with Crippen molar-refractivity contribution in [3.8, 4) is 0 Å². The van der Waals surface area contributed by atoms with Crippen LogP contribution in [0.25, 0.3) is 0 Å². The van der Waals surface area contributed by atoms with E-state index in [0.717, 1.165) is 25.2 Å². The molecule has 1 aromatic rings. The summed E-state index contributed by atoms with van der Waals surface area (Å²) in [5.41, 5.74) is -1.11. The minimum Gasteiger partial charge on any atom is -0.390 e. The van der Waals surface area contributed by atoms with E-state index in [1.54, 1.807) is 0 Å². The van der Waals surface area contributed by atoms with Gasteiger partial charge in [-0.05, 0) is 13.0 Å². The lowest BCUT2D eigenvalue weighted by molar-refractivity contribution is -0.386.